The highest BCUT2D eigenvalue weighted by molar-refractivity contribution is 5.54. The Labute approximate surface area is 189 Å². The van der Waals surface area contributed by atoms with E-state index in [2.05, 4.69) is 34.7 Å². The minimum atomic E-state index is 0.430. The van der Waals surface area contributed by atoms with E-state index in [9.17, 15) is 0 Å². The predicted octanol–water partition coefficient (Wildman–Crippen LogP) is 4.25. The van der Waals surface area contributed by atoms with Gasteiger partial charge in [0.1, 0.15) is 5.82 Å². The van der Waals surface area contributed by atoms with E-state index in [1.54, 1.807) is 0 Å². The van der Waals surface area contributed by atoms with Gasteiger partial charge in [0.15, 0.2) is 0 Å². The highest BCUT2D eigenvalue weighted by atomic mass is 15.2. The first kappa shape index (κ1) is 22.8. The van der Waals surface area contributed by atoms with Crippen LogP contribution in [-0.4, -0.2) is 48.2 Å². The molecule has 1 aromatic rings. The highest BCUT2D eigenvalue weighted by Crippen LogP contribution is 2.29. The van der Waals surface area contributed by atoms with Gasteiger partial charge in [-0.3, -0.25) is 0 Å². The van der Waals surface area contributed by atoms with E-state index in [0.29, 0.717) is 12.1 Å². The van der Waals surface area contributed by atoms with Crippen LogP contribution in [0.15, 0.2) is 0 Å². The fourth-order valence-electron chi connectivity index (χ4n) is 5.54. The van der Waals surface area contributed by atoms with Gasteiger partial charge in [-0.05, 0) is 38.1 Å². The van der Waals surface area contributed by atoms with Gasteiger partial charge >= 0.3 is 0 Å². The molecule has 2 fully saturated rings. The Hall–Kier alpha value is -1.40. The molecule has 3 heterocycles. The molecular formula is C25H44N6. The number of aromatic nitrogens is 2. The summed E-state index contributed by atoms with van der Waals surface area (Å²) in [7, 11) is 0. The molecule has 6 heteroatoms. The van der Waals surface area contributed by atoms with E-state index in [1.807, 2.05) is 0 Å². The maximum atomic E-state index is 5.14. The lowest BCUT2D eigenvalue weighted by atomic mass is 9.89. The van der Waals surface area contributed by atoms with Gasteiger partial charge in [-0.1, -0.05) is 52.4 Å². The molecule has 1 aliphatic carbocycles. The molecule has 31 heavy (non-hydrogen) atoms. The Balaban J connectivity index is 1.51. The number of fused-ring (bicyclic) bond motifs is 1. The molecule has 2 unspecified atom stereocenters. The number of anilines is 2. The van der Waals surface area contributed by atoms with Crippen LogP contribution in [0.4, 0.5) is 11.8 Å². The smallest absolute Gasteiger partial charge is 0.225 e. The maximum Gasteiger partial charge on any atom is 0.225 e. The SMILES string of the molecule is CCC(CC)CNC1CCCCC1Nc1nc2c(c(N3CCCCCC3)n1)CNCC2. The van der Waals surface area contributed by atoms with Crippen LogP contribution in [0.3, 0.4) is 0 Å². The third-order valence-corrected chi connectivity index (χ3v) is 7.72. The van der Waals surface area contributed by atoms with Gasteiger partial charge in [0.05, 0.1) is 5.69 Å². The van der Waals surface area contributed by atoms with Gasteiger partial charge in [-0.25, -0.2) is 4.98 Å². The van der Waals surface area contributed by atoms with Crippen LogP contribution in [0.1, 0.15) is 89.3 Å². The average molecular weight is 429 g/mol. The molecule has 0 spiro atoms. The van der Waals surface area contributed by atoms with Gasteiger partial charge in [0.25, 0.3) is 0 Å². The summed E-state index contributed by atoms with van der Waals surface area (Å²) in [4.78, 5) is 12.7. The Kier molecular flexibility index (Phi) is 8.42. The molecule has 3 aliphatic rings. The molecule has 4 rings (SSSR count). The van der Waals surface area contributed by atoms with Crippen LogP contribution in [0.2, 0.25) is 0 Å². The van der Waals surface area contributed by atoms with Crippen molar-refractivity contribution in [2.75, 3.05) is 36.4 Å². The lowest BCUT2D eigenvalue weighted by Crippen LogP contribution is -2.48. The molecule has 1 aromatic heterocycles. The molecule has 0 radical (unpaired) electrons. The van der Waals surface area contributed by atoms with Crippen molar-refractivity contribution in [3.8, 4) is 0 Å². The Morgan fingerprint density at radius 1 is 0.968 bits per heavy atom. The highest BCUT2D eigenvalue weighted by Gasteiger charge is 2.28. The molecule has 2 aliphatic heterocycles. The van der Waals surface area contributed by atoms with Crippen LogP contribution >= 0.6 is 0 Å². The molecule has 0 bridgehead atoms. The zero-order valence-corrected chi connectivity index (χ0v) is 19.9. The summed E-state index contributed by atoms with van der Waals surface area (Å²) in [6, 6.07) is 0.956. The van der Waals surface area contributed by atoms with Crippen molar-refractivity contribution in [2.24, 2.45) is 5.92 Å². The second-order valence-corrected chi connectivity index (χ2v) is 9.86. The normalized spacial score (nSPS) is 24.7. The maximum absolute atomic E-state index is 5.14. The van der Waals surface area contributed by atoms with Crippen LogP contribution in [0.25, 0.3) is 0 Å². The largest absolute Gasteiger partial charge is 0.356 e. The zero-order chi connectivity index (χ0) is 21.5. The van der Waals surface area contributed by atoms with Crippen molar-refractivity contribution in [3.05, 3.63) is 11.3 Å². The van der Waals surface area contributed by atoms with Gasteiger partial charge in [0, 0.05) is 50.2 Å². The Morgan fingerprint density at radius 3 is 2.45 bits per heavy atom. The van der Waals surface area contributed by atoms with E-state index >= 15 is 0 Å². The van der Waals surface area contributed by atoms with Crippen LogP contribution in [0.5, 0.6) is 0 Å². The standard InChI is InChI=1S/C25H44N6/c1-3-19(4-2)17-27-22-11-7-8-12-23(22)29-25-28-21-13-14-26-18-20(21)24(30-25)31-15-9-5-6-10-16-31/h19,22-23,26-27H,3-18H2,1-2H3,(H,28,29,30). The summed E-state index contributed by atoms with van der Waals surface area (Å²) in [6.07, 6.45) is 13.9. The van der Waals surface area contributed by atoms with Gasteiger partial charge in [0.2, 0.25) is 5.95 Å². The van der Waals surface area contributed by atoms with Crippen molar-refractivity contribution in [3.63, 3.8) is 0 Å². The van der Waals surface area contributed by atoms with E-state index in [-0.39, 0.29) is 0 Å². The molecule has 174 valence electrons. The van der Waals surface area contributed by atoms with E-state index in [4.69, 9.17) is 9.97 Å². The molecule has 6 nitrogen and oxygen atoms in total. The monoisotopic (exact) mass is 428 g/mol. The quantitative estimate of drug-likeness (QED) is 0.575. The molecule has 1 saturated carbocycles. The van der Waals surface area contributed by atoms with Crippen LogP contribution in [-0.2, 0) is 13.0 Å². The second-order valence-electron chi connectivity index (χ2n) is 9.86. The van der Waals surface area contributed by atoms with Crippen molar-refractivity contribution >= 4 is 11.8 Å². The Bertz CT molecular complexity index is 681. The number of nitrogens with one attached hydrogen (secondary N) is 3. The van der Waals surface area contributed by atoms with Crippen molar-refractivity contribution in [1.29, 1.82) is 0 Å². The van der Waals surface area contributed by atoms with Gasteiger partial charge in [-0.2, -0.15) is 4.98 Å². The van der Waals surface area contributed by atoms with E-state index in [1.165, 1.54) is 81.3 Å². The summed E-state index contributed by atoms with van der Waals surface area (Å²) < 4.78 is 0. The molecule has 2 atom stereocenters. The third-order valence-electron chi connectivity index (χ3n) is 7.72. The van der Waals surface area contributed by atoms with Gasteiger partial charge in [-0.15, -0.1) is 0 Å². The summed E-state index contributed by atoms with van der Waals surface area (Å²) in [5.74, 6) is 2.84. The minimum absolute atomic E-state index is 0.430. The molecule has 3 N–H and O–H groups in total. The predicted molar refractivity (Wildman–Crippen MR) is 130 cm³/mol. The zero-order valence-electron chi connectivity index (χ0n) is 19.9. The number of rotatable bonds is 8. The van der Waals surface area contributed by atoms with E-state index < -0.39 is 0 Å². The first-order valence-corrected chi connectivity index (χ1v) is 13.1. The van der Waals surface area contributed by atoms with Crippen molar-refractivity contribution < 1.29 is 0 Å². The average Bonchev–Trinajstić information content (AvgIpc) is 3.10. The van der Waals surface area contributed by atoms with Crippen molar-refractivity contribution in [1.82, 2.24) is 20.6 Å². The fourth-order valence-corrected chi connectivity index (χ4v) is 5.54. The van der Waals surface area contributed by atoms with E-state index in [0.717, 1.165) is 51.0 Å². The summed E-state index contributed by atoms with van der Waals surface area (Å²) >= 11 is 0. The number of hydrogen-bond acceptors (Lipinski definition) is 6. The summed E-state index contributed by atoms with van der Waals surface area (Å²) in [6.45, 7) is 9.94. The molecule has 0 aromatic carbocycles. The van der Waals surface area contributed by atoms with Gasteiger partial charge < -0.3 is 20.9 Å². The minimum Gasteiger partial charge on any atom is -0.356 e. The lowest BCUT2D eigenvalue weighted by Gasteiger charge is -2.35. The fraction of sp³-hybridized carbons (Fsp3) is 0.840. The van der Waals surface area contributed by atoms with Crippen LogP contribution < -0.4 is 20.9 Å². The topological polar surface area (TPSA) is 65.1 Å². The second kappa shape index (κ2) is 11.5. The first-order chi connectivity index (χ1) is 15.3. The summed E-state index contributed by atoms with van der Waals surface area (Å²) in [5.41, 5.74) is 2.60. The molecule has 0 amide bonds. The molecular weight excluding hydrogens is 384 g/mol. The number of hydrogen-bond donors (Lipinski definition) is 3. The van der Waals surface area contributed by atoms with Crippen molar-refractivity contribution in [2.45, 2.75) is 103 Å². The third kappa shape index (κ3) is 5.89. The number of nitrogens with zero attached hydrogens (tertiary/aromatic N) is 3. The molecule has 1 saturated heterocycles. The first-order valence-electron chi connectivity index (χ1n) is 13.1. The summed E-state index contributed by atoms with van der Waals surface area (Å²) in [5, 5.41) is 11.3. The Morgan fingerprint density at radius 2 is 1.71 bits per heavy atom. The lowest BCUT2D eigenvalue weighted by molar-refractivity contribution is 0.316. The van der Waals surface area contributed by atoms with Crippen LogP contribution in [0, 0.1) is 5.92 Å².